The van der Waals surface area contributed by atoms with Gasteiger partial charge in [0.1, 0.15) is 5.76 Å². The van der Waals surface area contributed by atoms with Crippen LogP contribution in [0.2, 0.25) is 0 Å². The van der Waals surface area contributed by atoms with Gasteiger partial charge in [-0.3, -0.25) is 9.79 Å². The van der Waals surface area contributed by atoms with Crippen LogP contribution in [0.5, 0.6) is 0 Å². The Bertz CT molecular complexity index is 612. The number of hydrogen-bond acceptors (Lipinski definition) is 5. The second-order valence-electron chi connectivity index (χ2n) is 7.27. The van der Waals surface area contributed by atoms with E-state index in [0.29, 0.717) is 13.2 Å². The minimum atomic E-state index is -0.0942. The maximum atomic E-state index is 12.0. The Morgan fingerprint density at radius 3 is 2.76 bits per heavy atom. The Morgan fingerprint density at radius 2 is 2.10 bits per heavy atom. The highest BCUT2D eigenvalue weighted by Crippen LogP contribution is 2.17. The molecule has 0 aromatic carbocycles. The van der Waals surface area contributed by atoms with Crippen molar-refractivity contribution in [1.82, 2.24) is 15.5 Å². The third-order valence-corrected chi connectivity index (χ3v) is 5.19. The third kappa shape index (κ3) is 8.13. The normalized spacial score (nSPS) is 20.8. The molecule has 1 aromatic rings. The standard InChI is InChI=1S/C20H32N4O4.HI/c1-21-20(23-14-19(25)22-13-17-6-4-12-26-17)24-9-7-16(8-10-24)28-15-18-5-2-3-11-27-18;/h4,6,12,16,18H,2-3,5,7-11,13-15H2,1H3,(H,21,23)(H,22,25);1H. The van der Waals surface area contributed by atoms with Crippen molar-refractivity contribution in [3.05, 3.63) is 24.2 Å². The van der Waals surface area contributed by atoms with Crippen molar-refractivity contribution in [2.75, 3.05) is 39.9 Å². The summed E-state index contributed by atoms with van der Waals surface area (Å²) in [6.07, 6.45) is 7.56. The van der Waals surface area contributed by atoms with Gasteiger partial charge in [0.15, 0.2) is 5.96 Å². The van der Waals surface area contributed by atoms with Gasteiger partial charge in [0.25, 0.3) is 0 Å². The molecular weight excluding hydrogens is 487 g/mol. The van der Waals surface area contributed by atoms with E-state index in [1.807, 2.05) is 6.07 Å². The number of guanidine groups is 1. The summed E-state index contributed by atoms with van der Waals surface area (Å²) in [5.41, 5.74) is 0. The number of ether oxygens (including phenoxy) is 2. The van der Waals surface area contributed by atoms with Crippen molar-refractivity contribution in [1.29, 1.82) is 0 Å². The van der Waals surface area contributed by atoms with Crippen LogP contribution >= 0.6 is 24.0 Å². The predicted octanol–water partition coefficient (Wildman–Crippen LogP) is 2.14. The van der Waals surface area contributed by atoms with Gasteiger partial charge in [-0.2, -0.15) is 0 Å². The van der Waals surface area contributed by atoms with E-state index >= 15 is 0 Å². The van der Waals surface area contributed by atoms with E-state index in [4.69, 9.17) is 13.9 Å². The highest BCUT2D eigenvalue weighted by atomic mass is 127. The molecule has 0 saturated carbocycles. The molecule has 2 N–H and O–H groups in total. The second kappa shape index (κ2) is 13.1. The van der Waals surface area contributed by atoms with Crippen LogP contribution < -0.4 is 10.6 Å². The van der Waals surface area contributed by atoms with E-state index in [1.54, 1.807) is 19.4 Å². The van der Waals surface area contributed by atoms with E-state index in [1.165, 1.54) is 12.8 Å². The number of hydrogen-bond donors (Lipinski definition) is 2. The van der Waals surface area contributed by atoms with Crippen LogP contribution in [0.15, 0.2) is 27.8 Å². The molecule has 0 aliphatic carbocycles. The number of nitrogens with one attached hydrogen (secondary N) is 2. The zero-order valence-electron chi connectivity index (χ0n) is 17.1. The van der Waals surface area contributed by atoms with Gasteiger partial charge in [-0.15, -0.1) is 24.0 Å². The first-order valence-corrected chi connectivity index (χ1v) is 10.2. The fourth-order valence-corrected chi connectivity index (χ4v) is 3.57. The summed E-state index contributed by atoms with van der Waals surface area (Å²) in [7, 11) is 1.74. The Labute approximate surface area is 189 Å². The number of piperidine rings is 1. The van der Waals surface area contributed by atoms with Crippen LogP contribution in [0, 0.1) is 0 Å². The lowest BCUT2D eigenvalue weighted by Gasteiger charge is -2.35. The van der Waals surface area contributed by atoms with Crippen molar-refractivity contribution in [2.45, 2.75) is 50.9 Å². The summed E-state index contributed by atoms with van der Waals surface area (Å²) in [5.74, 6) is 1.39. The van der Waals surface area contributed by atoms with Crippen LogP contribution in [0.3, 0.4) is 0 Å². The topological polar surface area (TPSA) is 88.3 Å². The molecule has 1 unspecified atom stereocenters. The number of amides is 1. The van der Waals surface area contributed by atoms with Gasteiger partial charge in [0.05, 0.1) is 38.2 Å². The zero-order valence-corrected chi connectivity index (χ0v) is 19.4. The first-order chi connectivity index (χ1) is 13.7. The monoisotopic (exact) mass is 520 g/mol. The lowest BCUT2D eigenvalue weighted by atomic mass is 10.1. The lowest BCUT2D eigenvalue weighted by Crippen LogP contribution is -2.49. The fraction of sp³-hybridized carbons (Fsp3) is 0.700. The first kappa shape index (κ1) is 23.9. The molecule has 2 aliphatic rings. The summed E-state index contributed by atoms with van der Waals surface area (Å²) in [5, 5.41) is 5.96. The van der Waals surface area contributed by atoms with Gasteiger partial charge in [-0.1, -0.05) is 0 Å². The molecule has 2 aliphatic heterocycles. The SMILES string of the molecule is CN=C(NCC(=O)NCc1ccco1)N1CCC(OCC2CCCCO2)CC1.I. The number of likely N-dealkylation sites (tertiary alicyclic amines) is 1. The van der Waals surface area contributed by atoms with E-state index in [-0.39, 0.29) is 48.6 Å². The van der Waals surface area contributed by atoms with Crippen molar-refractivity contribution in [3.8, 4) is 0 Å². The lowest BCUT2D eigenvalue weighted by molar-refractivity contribution is -0.120. The van der Waals surface area contributed by atoms with Gasteiger partial charge < -0.3 is 29.4 Å². The average molecular weight is 520 g/mol. The molecule has 2 fully saturated rings. The molecule has 3 heterocycles. The van der Waals surface area contributed by atoms with Crippen LogP contribution in [0.4, 0.5) is 0 Å². The van der Waals surface area contributed by atoms with Crippen LogP contribution in [0.25, 0.3) is 0 Å². The molecule has 8 nitrogen and oxygen atoms in total. The summed E-state index contributed by atoms with van der Waals surface area (Å²) >= 11 is 0. The summed E-state index contributed by atoms with van der Waals surface area (Å²) in [6, 6.07) is 3.64. The van der Waals surface area contributed by atoms with Gasteiger partial charge in [-0.05, 0) is 44.2 Å². The summed E-state index contributed by atoms with van der Waals surface area (Å²) in [6.45, 7) is 3.87. The molecule has 164 valence electrons. The number of furan rings is 1. The largest absolute Gasteiger partial charge is 0.467 e. The van der Waals surface area contributed by atoms with Crippen molar-refractivity contribution < 1.29 is 18.7 Å². The molecular formula is C20H33IN4O4. The molecule has 29 heavy (non-hydrogen) atoms. The van der Waals surface area contributed by atoms with Gasteiger partial charge in [-0.25, -0.2) is 0 Å². The van der Waals surface area contributed by atoms with Gasteiger partial charge in [0, 0.05) is 26.7 Å². The van der Waals surface area contributed by atoms with Gasteiger partial charge >= 0.3 is 0 Å². The number of nitrogens with zero attached hydrogens (tertiary/aromatic N) is 2. The smallest absolute Gasteiger partial charge is 0.239 e. The average Bonchev–Trinajstić information content (AvgIpc) is 3.26. The quantitative estimate of drug-likeness (QED) is 0.326. The molecule has 9 heteroatoms. The number of halogens is 1. The second-order valence-corrected chi connectivity index (χ2v) is 7.27. The highest BCUT2D eigenvalue weighted by Gasteiger charge is 2.24. The van der Waals surface area contributed by atoms with E-state index in [0.717, 1.165) is 50.7 Å². The van der Waals surface area contributed by atoms with Crippen LogP contribution in [0.1, 0.15) is 37.9 Å². The molecule has 1 atom stereocenters. The minimum Gasteiger partial charge on any atom is -0.467 e. The number of aliphatic imine (C=N–C) groups is 1. The third-order valence-electron chi connectivity index (χ3n) is 5.19. The molecule has 3 rings (SSSR count). The van der Waals surface area contributed by atoms with Crippen molar-refractivity contribution in [3.63, 3.8) is 0 Å². The predicted molar refractivity (Wildman–Crippen MR) is 121 cm³/mol. The maximum absolute atomic E-state index is 12.0. The minimum absolute atomic E-state index is 0. The van der Waals surface area contributed by atoms with Crippen molar-refractivity contribution >= 4 is 35.8 Å². The van der Waals surface area contributed by atoms with Crippen LogP contribution in [-0.4, -0.2) is 68.9 Å². The highest BCUT2D eigenvalue weighted by molar-refractivity contribution is 14.0. The Balaban J connectivity index is 0.00000300. The van der Waals surface area contributed by atoms with Crippen LogP contribution in [-0.2, 0) is 20.8 Å². The van der Waals surface area contributed by atoms with Crippen molar-refractivity contribution in [2.24, 2.45) is 4.99 Å². The van der Waals surface area contributed by atoms with E-state index < -0.39 is 0 Å². The fourth-order valence-electron chi connectivity index (χ4n) is 3.57. The summed E-state index contributed by atoms with van der Waals surface area (Å²) in [4.78, 5) is 18.5. The Hall–Kier alpha value is -1.33. The molecule has 0 bridgehead atoms. The molecule has 0 spiro atoms. The van der Waals surface area contributed by atoms with E-state index in [2.05, 4.69) is 20.5 Å². The molecule has 0 radical (unpaired) electrons. The number of carbonyl (C=O) groups excluding carboxylic acids is 1. The first-order valence-electron chi connectivity index (χ1n) is 10.2. The molecule has 1 aromatic heterocycles. The number of carbonyl (C=O) groups is 1. The Kier molecular flexibility index (Phi) is 10.8. The van der Waals surface area contributed by atoms with E-state index in [9.17, 15) is 4.79 Å². The molecule has 2 saturated heterocycles. The maximum Gasteiger partial charge on any atom is 0.239 e. The summed E-state index contributed by atoms with van der Waals surface area (Å²) < 4.78 is 17.0. The number of rotatable bonds is 7. The molecule has 1 amide bonds. The zero-order chi connectivity index (χ0) is 19.6. The van der Waals surface area contributed by atoms with Gasteiger partial charge in [0.2, 0.25) is 5.91 Å². The Morgan fingerprint density at radius 1 is 1.28 bits per heavy atom.